The topological polar surface area (TPSA) is 75.7 Å². The van der Waals surface area contributed by atoms with E-state index in [4.69, 9.17) is 27.9 Å². The highest BCUT2D eigenvalue weighted by atomic mass is 35.5. The van der Waals surface area contributed by atoms with E-state index in [1.807, 2.05) is 32.0 Å². The van der Waals surface area contributed by atoms with Crippen molar-refractivity contribution in [1.29, 1.82) is 0 Å². The number of nitrogens with zero attached hydrogens (tertiary/aromatic N) is 1. The molecule has 1 N–H and O–H groups in total. The minimum Gasteiger partial charge on any atom is -0.492 e. The fourth-order valence-corrected chi connectivity index (χ4v) is 6.01. The molecule has 1 fully saturated rings. The molecule has 1 unspecified atom stereocenters. The molecule has 1 heterocycles. The maximum atomic E-state index is 13.0. The van der Waals surface area contributed by atoms with Gasteiger partial charge in [0.1, 0.15) is 12.4 Å². The van der Waals surface area contributed by atoms with Crippen LogP contribution in [-0.2, 0) is 20.6 Å². The van der Waals surface area contributed by atoms with Crippen LogP contribution < -0.4 is 10.1 Å². The van der Waals surface area contributed by atoms with Gasteiger partial charge in [0, 0.05) is 28.7 Å². The highest BCUT2D eigenvalue weighted by molar-refractivity contribution is 7.88. The second-order valence-corrected chi connectivity index (χ2v) is 10.8. The van der Waals surface area contributed by atoms with Crippen molar-refractivity contribution in [3.8, 4) is 5.75 Å². The van der Waals surface area contributed by atoms with Gasteiger partial charge in [-0.25, -0.2) is 12.7 Å². The predicted molar refractivity (Wildman–Crippen MR) is 128 cm³/mol. The van der Waals surface area contributed by atoms with Crippen molar-refractivity contribution in [2.75, 3.05) is 26.2 Å². The summed E-state index contributed by atoms with van der Waals surface area (Å²) in [4.78, 5) is 12.6. The molecule has 0 saturated carbocycles. The van der Waals surface area contributed by atoms with Crippen molar-refractivity contribution in [2.24, 2.45) is 5.92 Å². The first kappa shape index (κ1) is 24.8. The number of aryl methyl sites for hydroxylation is 2. The molecule has 0 radical (unpaired) electrons. The Morgan fingerprint density at radius 3 is 2.56 bits per heavy atom. The molecule has 1 aliphatic heterocycles. The third-order valence-electron chi connectivity index (χ3n) is 5.69. The molecule has 0 spiro atoms. The number of ether oxygens (including phenoxy) is 1. The molecule has 0 aliphatic carbocycles. The second-order valence-electron chi connectivity index (χ2n) is 8.04. The molecular weight excluding hydrogens is 471 g/mol. The fourth-order valence-electron chi connectivity index (χ4n) is 3.64. The van der Waals surface area contributed by atoms with Crippen LogP contribution in [0.15, 0.2) is 36.4 Å². The van der Waals surface area contributed by atoms with E-state index in [0.717, 1.165) is 11.3 Å². The van der Waals surface area contributed by atoms with Crippen LogP contribution in [0.3, 0.4) is 0 Å². The largest absolute Gasteiger partial charge is 0.492 e. The lowest BCUT2D eigenvalue weighted by molar-refractivity contribution is -0.126. The number of amides is 1. The summed E-state index contributed by atoms with van der Waals surface area (Å²) in [5.74, 6) is -0.0920. The Bertz CT molecular complexity index is 1060. The smallest absolute Gasteiger partial charge is 0.224 e. The number of carbonyl (C=O) groups is 1. The number of rotatable bonds is 8. The lowest BCUT2D eigenvalue weighted by Crippen LogP contribution is -2.46. The van der Waals surface area contributed by atoms with E-state index in [-0.39, 0.29) is 18.2 Å². The summed E-state index contributed by atoms with van der Waals surface area (Å²) in [5.41, 5.74) is 2.72. The Labute approximate surface area is 199 Å². The van der Waals surface area contributed by atoms with Crippen LogP contribution >= 0.6 is 23.2 Å². The highest BCUT2D eigenvalue weighted by Gasteiger charge is 2.33. The Hall–Kier alpha value is -1.80. The van der Waals surface area contributed by atoms with Crippen molar-refractivity contribution < 1.29 is 17.9 Å². The third kappa shape index (κ3) is 6.38. The molecule has 0 aromatic heterocycles. The van der Waals surface area contributed by atoms with E-state index in [1.165, 1.54) is 9.87 Å². The van der Waals surface area contributed by atoms with E-state index < -0.39 is 15.9 Å². The van der Waals surface area contributed by atoms with Crippen LogP contribution in [0.1, 0.15) is 29.5 Å². The minimum atomic E-state index is -3.66. The standard InChI is InChI=1S/C23H28Cl2N2O4S/c1-16-8-9-19(13-17(16)2)31-12-10-26-23(28)18-5-4-11-27(14-18)32(29,30)15-20-21(24)6-3-7-22(20)25/h3,6-9,13,18H,4-5,10-12,14-15H2,1-2H3,(H,26,28). The van der Waals surface area contributed by atoms with Crippen LogP contribution in [0.2, 0.25) is 10.0 Å². The van der Waals surface area contributed by atoms with Gasteiger partial charge in [-0.05, 0) is 62.1 Å². The number of hydrogen-bond acceptors (Lipinski definition) is 4. The molecule has 6 nitrogen and oxygen atoms in total. The van der Waals surface area contributed by atoms with Crippen molar-refractivity contribution in [1.82, 2.24) is 9.62 Å². The van der Waals surface area contributed by atoms with Crippen molar-refractivity contribution in [2.45, 2.75) is 32.4 Å². The van der Waals surface area contributed by atoms with Crippen molar-refractivity contribution >= 4 is 39.1 Å². The first-order valence-corrected chi connectivity index (χ1v) is 12.9. The molecule has 1 atom stereocenters. The lowest BCUT2D eigenvalue weighted by atomic mass is 9.99. The second kappa shape index (κ2) is 10.9. The highest BCUT2D eigenvalue weighted by Crippen LogP contribution is 2.29. The summed E-state index contributed by atoms with van der Waals surface area (Å²) < 4.78 is 33.0. The number of sulfonamides is 1. The number of carbonyl (C=O) groups excluding carboxylic acids is 1. The predicted octanol–water partition coefficient (Wildman–Crippen LogP) is 4.35. The maximum Gasteiger partial charge on any atom is 0.224 e. The Morgan fingerprint density at radius 1 is 1.16 bits per heavy atom. The number of piperidine rings is 1. The molecule has 1 aliphatic rings. The zero-order chi connectivity index (χ0) is 23.3. The number of nitrogens with one attached hydrogen (secondary N) is 1. The molecule has 0 bridgehead atoms. The summed E-state index contributed by atoms with van der Waals surface area (Å²) in [7, 11) is -3.66. The van der Waals surface area contributed by atoms with Gasteiger partial charge in [-0.15, -0.1) is 0 Å². The molecule has 174 valence electrons. The Balaban J connectivity index is 1.52. The van der Waals surface area contributed by atoms with Crippen LogP contribution in [-0.4, -0.2) is 44.9 Å². The van der Waals surface area contributed by atoms with Crippen molar-refractivity contribution in [3.63, 3.8) is 0 Å². The summed E-state index contributed by atoms with van der Waals surface area (Å²) >= 11 is 12.3. The molecule has 9 heteroatoms. The molecule has 2 aromatic carbocycles. The minimum absolute atomic E-state index is 0.147. The average Bonchev–Trinajstić information content (AvgIpc) is 2.76. The Morgan fingerprint density at radius 2 is 1.88 bits per heavy atom. The molecule has 1 amide bonds. The monoisotopic (exact) mass is 498 g/mol. The summed E-state index contributed by atoms with van der Waals surface area (Å²) in [5, 5.41) is 3.49. The van der Waals surface area contributed by atoms with Crippen LogP contribution in [0.4, 0.5) is 0 Å². The molecule has 2 aromatic rings. The summed E-state index contributed by atoms with van der Waals surface area (Å²) in [6.07, 6.45) is 1.26. The van der Waals surface area contributed by atoms with Gasteiger partial charge in [0.15, 0.2) is 0 Å². The van der Waals surface area contributed by atoms with E-state index in [2.05, 4.69) is 5.32 Å². The number of benzene rings is 2. The average molecular weight is 499 g/mol. The van der Waals surface area contributed by atoms with Gasteiger partial charge in [-0.2, -0.15) is 0 Å². The van der Waals surface area contributed by atoms with Gasteiger partial charge >= 0.3 is 0 Å². The summed E-state index contributed by atoms with van der Waals surface area (Å²) in [6, 6.07) is 10.8. The molecule has 3 rings (SSSR count). The lowest BCUT2D eigenvalue weighted by Gasteiger charge is -2.31. The van der Waals surface area contributed by atoms with Gasteiger partial charge in [-0.3, -0.25) is 4.79 Å². The first-order chi connectivity index (χ1) is 15.2. The zero-order valence-corrected chi connectivity index (χ0v) is 20.6. The summed E-state index contributed by atoms with van der Waals surface area (Å²) in [6.45, 7) is 5.28. The first-order valence-electron chi connectivity index (χ1n) is 10.6. The number of halogens is 2. The molecule has 32 heavy (non-hydrogen) atoms. The Kier molecular flexibility index (Phi) is 8.44. The van der Waals surface area contributed by atoms with Gasteiger partial charge < -0.3 is 10.1 Å². The van der Waals surface area contributed by atoms with Crippen molar-refractivity contribution in [3.05, 3.63) is 63.1 Å². The van der Waals surface area contributed by atoms with E-state index in [9.17, 15) is 13.2 Å². The van der Waals surface area contributed by atoms with Gasteiger partial charge in [0.25, 0.3) is 0 Å². The maximum absolute atomic E-state index is 13.0. The van der Waals surface area contributed by atoms with Crippen LogP contribution in [0, 0.1) is 19.8 Å². The quantitative estimate of drug-likeness (QED) is 0.549. The van der Waals surface area contributed by atoms with E-state index >= 15 is 0 Å². The van der Waals surface area contributed by atoms with Gasteiger partial charge in [0.2, 0.25) is 15.9 Å². The number of hydrogen-bond donors (Lipinski definition) is 1. The SMILES string of the molecule is Cc1ccc(OCCNC(=O)C2CCCN(S(=O)(=O)Cc3c(Cl)cccc3Cl)C2)cc1C. The third-order valence-corrected chi connectivity index (χ3v) is 8.17. The van der Waals surface area contributed by atoms with Crippen LogP contribution in [0.25, 0.3) is 0 Å². The zero-order valence-electron chi connectivity index (χ0n) is 18.2. The van der Waals surface area contributed by atoms with E-state index in [0.29, 0.717) is 48.1 Å². The van der Waals surface area contributed by atoms with Gasteiger partial charge in [-0.1, -0.05) is 35.3 Å². The molecular formula is C23H28Cl2N2O4S. The van der Waals surface area contributed by atoms with Crippen LogP contribution in [0.5, 0.6) is 5.75 Å². The normalized spacial score (nSPS) is 17.2. The fraction of sp³-hybridized carbons (Fsp3) is 0.435. The molecule has 1 saturated heterocycles. The van der Waals surface area contributed by atoms with E-state index in [1.54, 1.807) is 18.2 Å². The van der Waals surface area contributed by atoms with Gasteiger partial charge in [0.05, 0.1) is 18.2 Å².